The molecule has 0 aliphatic rings. The van der Waals surface area contributed by atoms with Crippen LogP contribution in [0.25, 0.3) is 10.2 Å². The van der Waals surface area contributed by atoms with Crippen molar-refractivity contribution in [1.29, 1.82) is 0 Å². The summed E-state index contributed by atoms with van der Waals surface area (Å²) >= 11 is 1.63. The Balaban J connectivity index is 2.01. The molecule has 0 unspecified atom stereocenters. The number of anilines is 1. The van der Waals surface area contributed by atoms with Crippen molar-refractivity contribution >= 4 is 27.2 Å². The Morgan fingerprint density at radius 1 is 1.17 bits per heavy atom. The number of hydrogen-bond donors (Lipinski definition) is 1. The van der Waals surface area contributed by atoms with E-state index < -0.39 is 0 Å². The number of fused-ring (bicyclic) bond motifs is 1. The van der Waals surface area contributed by atoms with Crippen molar-refractivity contribution in [3.05, 3.63) is 41.5 Å². The standard InChI is InChI=1S/C13H11N3OS/c1-8-6-11-12(15-7-16-13(11)18-8)17-10-4-2-9(14)3-5-10/h2-7H,14H2,1H3. The van der Waals surface area contributed by atoms with Crippen molar-refractivity contribution in [3.8, 4) is 11.6 Å². The van der Waals surface area contributed by atoms with Crippen LogP contribution in [0.1, 0.15) is 4.88 Å². The fourth-order valence-electron chi connectivity index (χ4n) is 1.68. The topological polar surface area (TPSA) is 61.0 Å². The zero-order chi connectivity index (χ0) is 12.5. The maximum Gasteiger partial charge on any atom is 0.231 e. The first-order chi connectivity index (χ1) is 8.72. The van der Waals surface area contributed by atoms with Gasteiger partial charge in [-0.3, -0.25) is 0 Å². The Bertz CT molecular complexity index is 691. The summed E-state index contributed by atoms with van der Waals surface area (Å²) in [7, 11) is 0. The van der Waals surface area contributed by atoms with Gasteiger partial charge in [0.2, 0.25) is 5.88 Å². The molecule has 5 heteroatoms. The molecule has 2 N–H and O–H groups in total. The quantitative estimate of drug-likeness (QED) is 0.715. The van der Waals surface area contributed by atoms with Crippen LogP contribution in [-0.4, -0.2) is 9.97 Å². The Morgan fingerprint density at radius 3 is 2.72 bits per heavy atom. The number of ether oxygens (including phenoxy) is 1. The smallest absolute Gasteiger partial charge is 0.231 e. The maximum atomic E-state index is 5.76. The van der Waals surface area contributed by atoms with Crippen LogP contribution in [0.4, 0.5) is 5.69 Å². The Morgan fingerprint density at radius 2 is 1.94 bits per heavy atom. The SMILES string of the molecule is Cc1cc2c(Oc3ccc(N)cc3)ncnc2s1. The van der Waals surface area contributed by atoms with Gasteiger partial charge < -0.3 is 10.5 Å². The highest BCUT2D eigenvalue weighted by Crippen LogP contribution is 2.31. The number of thiophene rings is 1. The molecule has 4 nitrogen and oxygen atoms in total. The monoisotopic (exact) mass is 257 g/mol. The van der Waals surface area contributed by atoms with Gasteiger partial charge in [-0.25, -0.2) is 9.97 Å². The molecule has 3 rings (SSSR count). The molecule has 1 aromatic carbocycles. The lowest BCUT2D eigenvalue weighted by Gasteiger charge is -2.05. The number of nitrogen functional groups attached to an aromatic ring is 1. The van der Waals surface area contributed by atoms with Crippen LogP contribution in [-0.2, 0) is 0 Å². The van der Waals surface area contributed by atoms with Crippen LogP contribution in [0.2, 0.25) is 0 Å². The molecule has 0 saturated heterocycles. The Kier molecular flexibility index (Phi) is 2.60. The largest absolute Gasteiger partial charge is 0.438 e. The predicted molar refractivity (Wildman–Crippen MR) is 73.1 cm³/mol. The number of benzene rings is 1. The molecule has 0 saturated carbocycles. The molecular formula is C13H11N3OS. The summed E-state index contributed by atoms with van der Waals surface area (Å²) in [4.78, 5) is 10.5. The van der Waals surface area contributed by atoms with E-state index in [1.807, 2.05) is 25.1 Å². The van der Waals surface area contributed by atoms with Crippen LogP contribution < -0.4 is 10.5 Å². The van der Waals surface area contributed by atoms with Gasteiger partial charge >= 0.3 is 0 Å². The minimum Gasteiger partial charge on any atom is -0.438 e. The van der Waals surface area contributed by atoms with Gasteiger partial charge in [0.15, 0.2) is 0 Å². The lowest BCUT2D eigenvalue weighted by molar-refractivity contribution is 0.468. The number of hydrogen-bond acceptors (Lipinski definition) is 5. The molecule has 0 fully saturated rings. The molecule has 2 aromatic heterocycles. The predicted octanol–water partition coefficient (Wildman–Crippen LogP) is 3.37. The third kappa shape index (κ3) is 2.00. The van der Waals surface area contributed by atoms with Crippen LogP contribution in [0.3, 0.4) is 0 Å². The van der Waals surface area contributed by atoms with E-state index in [9.17, 15) is 0 Å². The lowest BCUT2D eigenvalue weighted by atomic mass is 10.3. The first kappa shape index (κ1) is 11.0. The number of rotatable bonds is 2. The molecule has 0 radical (unpaired) electrons. The summed E-state index contributed by atoms with van der Waals surface area (Å²) in [6.07, 6.45) is 1.52. The van der Waals surface area contributed by atoms with Crippen molar-refractivity contribution < 1.29 is 4.74 Å². The minimum absolute atomic E-state index is 0.578. The molecule has 90 valence electrons. The molecule has 0 bridgehead atoms. The second-order valence-corrected chi connectivity index (χ2v) is 5.16. The third-order valence-electron chi connectivity index (χ3n) is 2.51. The molecule has 0 atom stereocenters. The van der Waals surface area contributed by atoms with E-state index in [4.69, 9.17) is 10.5 Å². The minimum atomic E-state index is 0.578. The van der Waals surface area contributed by atoms with E-state index in [1.165, 1.54) is 11.2 Å². The van der Waals surface area contributed by atoms with Gasteiger partial charge in [-0.2, -0.15) is 0 Å². The van der Waals surface area contributed by atoms with Crippen LogP contribution in [0.5, 0.6) is 11.6 Å². The van der Waals surface area contributed by atoms with Crippen LogP contribution >= 0.6 is 11.3 Å². The average molecular weight is 257 g/mol. The number of nitrogens with two attached hydrogens (primary N) is 1. The summed E-state index contributed by atoms with van der Waals surface area (Å²) in [5.41, 5.74) is 6.34. The van der Waals surface area contributed by atoms with Crippen LogP contribution in [0, 0.1) is 6.92 Å². The van der Waals surface area contributed by atoms with Gasteiger partial charge in [0.1, 0.15) is 16.9 Å². The van der Waals surface area contributed by atoms with Gasteiger partial charge in [-0.15, -0.1) is 11.3 Å². The zero-order valence-electron chi connectivity index (χ0n) is 9.75. The molecule has 3 aromatic rings. The van der Waals surface area contributed by atoms with E-state index >= 15 is 0 Å². The van der Waals surface area contributed by atoms with E-state index in [0.717, 1.165) is 10.2 Å². The molecule has 0 amide bonds. The highest BCUT2D eigenvalue weighted by molar-refractivity contribution is 7.18. The third-order valence-corrected chi connectivity index (χ3v) is 3.47. The van der Waals surface area contributed by atoms with E-state index in [0.29, 0.717) is 17.3 Å². The summed E-state index contributed by atoms with van der Waals surface area (Å²) in [6, 6.07) is 9.27. The van der Waals surface area contributed by atoms with Crippen molar-refractivity contribution in [2.24, 2.45) is 0 Å². The van der Waals surface area contributed by atoms with Crippen LogP contribution in [0.15, 0.2) is 36.7 Å². The highest BCUT2D eigenvalue weighted by Gasteiger charge is 2.08. The lowest BCUT2D eigenvalue weighted by Crippen LogP contribution is -1.90. The average Bonchev–Trinajstić information content (AvgIpc) is 2.73. The molecule has 0 aliphatic carbocycles. The number of aromatic nitrogens is 2. The summed E-state index contributed by atoms with van der Waals surface area (Å²) in [5.74, 6) is 1.29. The Hall–Kier alpha value is -2.14. The summed E-state index contributed by atoms with van der Waals surface area (Å²) in [6.45, 7) is 2.04. The highest BCUT2D eigenvalue weighted by atomic mass is 32.1. The second-order valence-electron chi connectivity index (χ2n) is 3.93. The molecule has 0 spiro atoms. The normalized spacial score (nSPS) is 10.7. The van der Waals surface area contributed by atoms with Gasteiger partial charge in [-0.1, -0.05) is 0 Å². The molecule has 0 aliphatic heterocycles. The van der Waals surface area contributed by atoms with Gasteiger partial charge in [0.25, 0.3) is 0 Å². The van der Waals surface area contributed by atoms with Gasteiger partial charge in [0.05, 0.1) is 5.39 Å². The number of aryl methyl sites for hydroxylation is 1. The fourth-order valence-corrected chi connectivity index (χ4v) is 2.52. The van der Waals surface area contributed by atoms with E-state index in [-0.39, 0.29) is 0 Å². The molecular weight excluding hydrogens is 246 g/mol. The van der Waals surface area contributed by atoms with Crippen molar-refractivity contribution in [2.75, 3.05) is 5.73 Å². The first-order valence-electron chi connectivity index (χ1n) is 5.47. The van der Waals surface area contributed by atoms with Crippen molar-refractivity contribution in [3.63, 3.8) is 0 Å². The summed E-state index contributed by atoms with van der Waals surface area (Å²) < 4.78 is 5.76. The Labute approximate surface area is 108 Å². The fraction of sp³-hybridized carbons (Fsp3) is 0.0769. The maximum absolute atomic E-state index is 5.76. The van der Waals surface area contributed by atoms with Gasteiger partial charge in [-0.05, 0) is 37.3 Å². The zero-order valence-corrected chi connectivity index (χ0v) is 10.6. The molecule has 18 heavy (non-hydrogen) atoms. The number of nitrogens with zero attached hydrogens (tertiary/aromatic N) is 2. The first-order valence-corrected chi connectivity index (χ1v) is 6.28. The molecule has 2 heterocycles. The van der Waals surface area contributed by atoms with Crippen molar-refractivity contribution in [1.82, 2.24) is 9.97 Å². The second kappa shape index (κ2) is 4.27. The van der Waals surface area contributed by atoms with Gasteiger partial charge in [0, 0.05) is 10.6 Å². The van der Waals surface area contributed by atoms with Crippen molar-refractivity contribution in [2.45, 2.75) is 6.92 Å². The van der Waals surface area contributed by atoms with E-state index in [2.05, 4.69) is 9.97 Å². The summed E-state index contributed by atoms with van der Waals surface area (Å²) in [5, 5.41) is 0.942. The van der Waals surface area contributed by atoms with E-state index in [1.54, 1.807) is 23.5 Å².